The minimum Gasteiger partial charge on any atom is -0.248 e. The van der Waals surface area contributed by atoms with Crippen LogP contribution in [-0.4, -0.2) is 19.7 Å². The van der Waals surface area contributed by atoms with Crippen molar-refractivity contribution >= 4 is 21.2 Å². The molecule has 0 fully saturated rings. The van der Waals surface area contributed by atoms with Crippen molar-refractivity contribution in [2.75, 3.05) is 6.26 Å². The van der Waals surface area contributed by atoms with Gasteiger partial charge in [-0.2, -0.15) is 0 Å². The summed E-state index contributed by atoms with van der Waals surface area (Å²) < 4.78 is 21.2. The van der Waals surface area contributed by atoms with E-state index >= 15 is 0 Å². The molecule has 10 heavy (non-hydrogen) atoms. The van der Waals surface area contributed by atoms with E-state index in [1.807, 2.05) is 0 Å². The number of hydrogen-bond donors (Lipinski definition) is 0. The van der Waals surface area contributed by atoms with Crippen molar-refractivity contribution in [2.45, 2.75) is 0 Å². The third-order valence-corrected chi connectivity index (χ3v) is 2.29. The van der Waals surface area contributed by atoms with E-state index in [1.54, 1.807) is 11.6 Å². The molecule has 0 bridgehead atoms. The molecule has 0 aliphatic carbocycles. The summed E-state index contributed by atoms with van der Waals surface area (Å²) in [5, 5.41) is 2.26. The molecule has 0 aromatic carbocycles. The second kappa shape index (κ2) is 2.67. The summed E-state index contributed by atoms with van der Waals surface area (Å²) in [7, 11) is -3.02. The van der Waals surface area contributed by atoms with Crippen LogP contribution in [0.25, 0.3) is 0 Å². The Balaban J connectivity index is 2.75. The summed E-state index contributed by atoms with van der Waals surface area (Å²) in [4.78, 5) is 3.79. The Morgan fingerprint density at radius 2 is 2.40 bits per heavy atom. The van der Waals surface area contributed by atoms with Crippen molar-refractivity contribution in [3.05, 3.63) is 22.3 Å². The maximum Gasteiger partial charge on any atom is 0.158 e. The van der Waals surface area contributed by atoms with Gasteiger partial charge in [0.05, 0.1) is 0 Å². The molecule has 0 aliphatic rings. The zero-order valence-corrected chi connectivity index (χ0v) is 6.95. The van der Waals surface area contributed by atoms with Gasteiger partial charge in [0, 0.05) is 17.8 Å². The van der Waals surface area contributed by atoms with Crippen molar-refractivity contribution in [3.63, 3.8) is 0 Å². The first-order valence-electron chi connectivity index (χ1n) is 2.52. The molecule has 3 nitrogen and oxygen atoms in total. The fourth-order valence-corrected chi connectivity index (χ4v) is 2.03. The molecule has 0 N–H and O–H groups in total. The molecular formula is C5H6NO2S2. The highest BCUT2D eigenvalue weighted by atomic mass is 32.2. The summed E-state index contributed by atoms with van der Waals surface area (Å²) >= 11 is 1.30. The molecular weight excluding hydrogens is 170 g/mol. The Morgan fingerprint density at radius 1 is 1.70 bits per heavy atom. The first-order chi connectivity index (χ1) is 4.58. The number of sulfone groups is 1. The lowest BCUT2D eigenvalue weighted by Gasteiger charge is -1.88. The maximum atomic E-state index is 10.6. The van der Waals surface area contributed by atoms with Gasteiger partial charge in [0.2, 0.25) is 0 Å². The van der Waals surface area contributed by atoms with E-state index in [9.17, 15) is 8.42 Å². The van der Waals surface area contributed by atoms with Crippen LogP contribution < -0.4 is 0 Å². The van der Waals surface area contributed by atoms with E-state index in [1.165, 1.54) is 11.3 Å². The molecule has 55 valence electrons. The SMILES string of the molecule is CS(=O)(=O)[CH]c1nccs1. The molecule has 1 aromatic rings. The highest BCUT2D eigenvalue weighted by Gasteiger charge is 2.06. The van der Waals surface area contributed by atoms with Gasteiger partial charge >= 0.3 is 0 Å². The molecule has 0 saturated heterocycles. The van der Waals surface area contributed by atoms with E-state index in [2.05, 4.69) is 4.98 Å². The highest BCUT2D eigenvalue weighted by Crippen LogP contribution is 2.09. The topological polar surface area (TPSA) is 47.0 Å². The van der Waals surface area contributed by atoms with E-state index in [0.717, 1.165) is 12.0 Å². The van der Waals surface area contributed by atoms with E-state index in [-0.39, 0.29) is 0 Å². The van der Waals surface area contributed by atoms with Gasteiger partial charge in [0.15, 0.2) is 9.84 Å². The number of hydrogen-bond acceptors (Lipinski definition) is 4. The Hall–Kier alpha value is -0.420. The van der Waals surface area contributed by atoms with Crippen LogP contribution in [0.4, 0.5) is 0 Å². The lowest BCUT2D eigenvalue weighted by Crippen LogP contribution is -1.96. The monoisotopic (exact) mass is 176 g/mol. The van der Waals surface area contributed by atoms with Gasteiger partial charge in [-0.15, -0.1) is 11.3 Å². The smallest absolute Gasteiger partial charge is 0.158 e. The molecule has 1 heterocycles. The first kappa shape index (κ1) is 7.68. The first-order valence-corrected chi connectivity index (χ1v) is 5.36. The van der Waals surface area contributed by atoms with Crippen LogP contribution in [0.1, 0.15) is 5.01 Å². The average molecular weight is 176 g/mol. The van der Waals surface area contributed by atoms with E-state index in [0.29, 0.717) is 5.01 Å². The third kappa shape index (κ3) is 2.45. The predicted octanol–water partition coefficient (Wildman–Crippen LogP) is 0.698. The van der Waals surface area contributed by atoms with Gasteiger partial charge in [-0.1, -0.05) is 0 Å². The Labute approximate surface area is 63.6 Å². The zero-order valence-electron chi connectivity index (χ0n) is 5.31. The molecule has 1 rings (SSSR count). The van der Waals surface area contributed by atoms with Gasteiger partial charge < -0.3 is 0 Å². The van der Waals surface area contributed by atoms with Gasteiger partial charge in [-0.05, 0) is 0 Å². The quantitative estimate of drug-likeness (QED) is 0.666. The van der Waals surface area contributed by atoms with Gasteiger partial charge in [0.1, 0.15) is 10.8 Å². The molecule has 0 aliphatic heterocycles. The minimum atomic E-state index is -3.02. The molecule has 0 atom stereocenters. The van der Waals surface area contributed by atoms with Crippen LogP contribution in [-0.2, 0) is 9.84 Å². The third-order valence-electron chi connectivity index (χ3n) is 0.766. The minimum absolute atomic E-state index is 0.530. The second-order valence-corrected chi connectivity index (χ2v) is 4.64. The average Bonchev–Trinajstić information content (AvgIpc) is 2.12. The van der Waals surface area contributed by atoms with Crippen LogP contribution in [0.5, 0.6) is 0 Å². The molecule has 0 unspecified atom stereocenters. The molecule has 0 amide bonds. The Kier molecular flexibility index (Phi) is 2.05. The molecule has 0 saturated carbocycles. The fourth-order valence-electron chi connectivity index (χ4n) is 0.476. The van der Waals surface area contributed by atoms with Crippen molar-refractivity contribution in [2.24, 2.45) is 0 Å². The summed E-state index contributed by atoms with van der Waals surface area (Å²) in [5.74, 6) is 1.15. The summed E-state index contributed by atoms with van der Waals surface area (Å²) in [6.07, 6.45) is 2.72. The summed E-state index contributed by atoms with van der Waals surface area (Å²) in [5.41, 5.74) is 0. The Morgan fingerprint density at radius 3 is 2.80 bits per heavy atom. The number of aromatic nitrogens is 1. The van der Waals surface area contributed by atoms with Crippen molar-refractivity contribution in [3.8, 4) is 0 Å². The van der Waals surface area contributed by atoms with Crippen LogP contribution in [0.2, 0.25) is 0 Å². The number of nitrogens with zero attached hydrogens (tertiary/aromatic N) is 1. The van der Waals surface area contributed by atoms with Crippen LogP contribution >= 0.6 is 11.3 Å². The summed E-state index contributed by atoms with van der Waals surface area (Å²) in [6.45, 7) is 0. The highest BCUT2D eigenvalue weighted by molar-refractivity contribution is 7.93. The largest absolute Gasteiger partial charge is 0.248 e. The van der Waals surface area contributed by atoms with E-state index in [4.69, 9.17) is 0 Å². The van der Waals surface area contributed by atoms with Crippen LogP contribution in [0.15, 0.2) is 11.6 Å². The maximum absolute atomic E-state index is 10.6. The lowest BCUT2D eigenvalue weighted by atomic mass is 10.8. The zero-order chi connectivity index (χ0) is 7.61. The predicted molar refractivity (Wildman–Crippen MR) is 40.4 cm³/mol. The number of rotatable bonds is 2. The lowest BCUT2D eigenvalue weighted by molar-refractivity contribution is 0.607. The fraction of sp³-hybridized carbons (Fsp3) is 0.200. The second-order valence-electron chi connectivity index (χ2n) is 1.82. The van der Waals surface area contributed by atoms with Crippen molar-refractivity contribution < 1.29 is 8.42 Å². The normalized spacial score (nSPS) is 11.7. The van der Waals surface area contributed by atoms with Crippen LogP contribution in [0.3, 0.4) is 0 Å². The number of thiazole rings is 1. The van der Waals surface area contributed by atoms with Crippen molar-refractivity contribution in [1.82, 2.24) is 4.98 Å². The standard InChI is InChI=1S/C5H6NO2S2/c1-10(7,8)4-5-6-2-3-9-5/h2-4H,1H3. The van der Waals surface area contributed by atoms with Crippen molar-refractivity contribution in [1.29, 1.82) is 0 Å². The Bertz CT molecular complexity index is 287. The molecule has 5 heteroatoms. The molecule has 1 radical (unpaired) electrons. The van der Waals surface area contributed by atoms with Gasteiger partial charge in [-0.25, -0.2) is 13.4 Å². The molecule has 1 aromatic heterocycles. The van der Waals surface area contributed by atoms with E-state index < -0.39 is 9.84 Å². The van der Waals surface area contributed by atoms with Gasteiger partial charge in [-0.3, -0.25) is 0 Å². The van der Waals surface area contributed by atoms with Gasteiger partial charge in [0.25, 0.3) is 0 Å². The van der Waals surface area contributed by atoms with Crippen LogP contribution in [0, 0.1) is 5.75 Å². The molecule has 0 spiro atoms. The summed E-state index contributed by atoms with van der Waals surface area (Å²) in [6, 6.07) is 0.